The summed E-state index contributed by atoms with van der Waals surface area (Å²) in [7, 11) is 1.25. The van der Waals surface area contributed by atoms with Crippen LogP contribution in [-0.2, 0) is 20.8 Å². The second-order valence-electron chi connectivity index (χ2n) is 8.01. The van der Waals surface area contributed by atoms with Gasteiger partial charge in [0.2, 0.25) is 0 Å². The Bertz CT molecular complexity index is 1850. The Kier molecular flexibility index (Phi) is 6.41. The molecule has 2 aromatic heterocycles. The number of hydrogen-bond acceptors (Lipinski definition) is 8. The van der Waals surface area contributed by atoms with E-state index >= 15 is 0 Å². The highest BCUT2D eigenvalue weighted by molar-refractivity contribution is 7.16. The summed E-state index contributed by atoms with van der Waals surface area (Å²) in [6, 6.07) is 17.4. The van der Waals surface area contributed by atoms with Crippen LogP contribution in [0.4, 0.5) is 0 Å². The molecular formula is C27H20N2O7S. The molecule has 0 aliphatic carbocycles. The van der Waals surface area contributed by atoms with Gasteiger partial charge in [0.1, 0.15) is 17.7 Å². The van der Waals surface area contributed by atoms with E-state index in [9.17, 15) is 19.2 Å². The van der Waals surface area contributed by atoms with Crippen molar-refractivity contribution >= 4 is 61.1 Å². The number of esters is 2. The van der Waals surface area contributed by atoms with Crippen LogP contribution in [0, 0.1) is 0 Å². The average molecular weight is 517 g/mol. The SMILES string of the molecule is CCOC(=O)c1ccc2c(c1)sc(=NC(=O)c1cc3c(ccc4ccccc43)oc1=O)n2CC(=O)OC. The van der Waals surface area contributed by atoms with Crippen molar-refractivity contribution in [3.63, 3.8) is 0 Å². The van der Waals surface area contributed by atoms with Crippen molar-refractivity contribution in [3.8, 4) is 0 Å². The first kappa shape index (κ1) is 24.1. The molecule has 5 rings (SSSR count). The van der Waals surface area contributed by atoms with Gasteiger partial charge in [0.25, 0.3) is 5.91 Å². The lowest BCUT2D eigenvalue weighted by molar-refractivity contribution is -0.141. The van der Waals surface area contributed by atoms with E-state index < -0.39 is 23.5 Å². The van der Waals surface area contributed by atoms with Crippen LogP contribution < -0.4 is 10.4 Å². The number of thiazole rings is 1. The van der Waals surface area contributed by atoms with E-state index in [4.69, 9.17) is 13.9 Å². The minimum Gasteiger partial charge on any atom is -0.468 e. The maximum atomic E-state index is 13.2. The molecule has 0 aliphatic rings. The molecule has 2 heterocycles. The number of rotatable bonds is 5. The number of hydrogen-bond donors (Lipinski definition) is 0. The van der Waals surface area contributed by atoms with Gasteiger partial charge in [-0.25, -0.2) is 9.59 Å². The molecule has 9 nitrogen and oxygen atoms in total. The number of carbonyl (C=O) groups excluding carboxylic acids is 3. The molecule has 10 heteroatoms. The molecule has 0 saturated carbocycles. The van der Waals surface area contributed by atoms with E-state index in [0.29, 0.717) is 26.7 Å². The van der Waals surface area contributed by atoms with Crippen LogP contribution >= 0.6 is 11.3 Å². The third-order valence-electron chi connectivity index (χ3n) is 5.78. The van der Waals surface area contributed by atoms with E-state index in [2.05, 4.69) is 4.99 Å². The molecule has 37 heavy (non-hydrogen) atoms. The fraction of sp³-hybridized carbons (Fsp3) is 0.148. The topological polar surface area (TPSA) is 117 Å². The number of benzene rings is 3. The van der Waals surface area contributed by atoms with Crippen molar-refractivity contribution in [1.29, 1.82) is 0 Å². The fourth-order valence-corrected chi connectivity index (χ4v) is 5.08. The molecule has 186 valence electrons. The normalized spacial score (nSPS) is 11.8. The van der Waals surface area contributed by atoms with Crippen LogP contribution in [0.15, 0.2) is 74.9 Å². The minimum absolute atomic E-state index is 0.156. The molecule has 0 unspecified atom stereocenters. The number of carbonyl (C=O) groups is 3. The molecule has 0 bridgehead atoms. The van der Waals surface area contributed by atoms with Gasteiger partial charge in [-0.05, 0) is 48.0 Å². The summed E-state index contributed by atoms with van der Waals surface area (Å²) < 4.78 is 17.4. The van der Waals surface area contributed by atoms with E-state index in [1.54, 1.807) is 31.2 Å². The van der Waals surface area contributed by atoms with Crippen molar-refractivity contribution in [1.82, 2.24) is 4.57 Å². The van der Waals surface area contributed by atoms with E-state index in [-0.39, 0.29) is 23.5 Å². The Balaban J connectivity index is 1.67. The largest absolute Gasteiger partial charge is 0.468 e. The van der Waals surface area contributed by atoms with Gasteiger partial charge in [-0.2, -0.15) is 4.99 Å². The maximum Gasteiger partial charge on any atom is 0.349 e. The molecule has 0 spiro atoms. The predicted molar refractivity (Wildman–Crippen MR) is 138 cm³/mol. The lowest BCUT2D eigenvalue weighted by Gasteiger charge is -2.05. The molecule has 0 radical (unpaired) electrons. The minimum atomic E-state index is -0.820. The molecule has 5 aromatic rings. The van der Waals surface area contributed by atoms with Crippen LogP contribution in [0.1, 0.15) is 27.6 Å². The summed E-state index contributed by atoms with van der Waals surface area (Å²) in [5.41, 5.74) is 0.182. The first-order valence-electron chi connectivity index (χ1n) is 11.3. The van der Waals surface area contributed by atoms with Crippen molar-refractivity contribution in [3.05, 3.63) is 87.0 Å². The monoisotopic (exact) mass is 516 g/mol. The molecule has 3 aromatic carbocycles. The number of ether oxygens (including phenoxy) is 2. The fourth-order valence-electron chi connectivity index (χ4n) is 4.01. The van der Waals surface area contributed by atoms with Gasteiger partial charge in [0.15, 0.2) is 4.80 Å². The maximum absolute atomic E-state index is 13.2. The van der Waals surface area contributed by atoms with E-state index in [1.165, 1.54) is 17.7 Å². The summed E-state index contributed by atoms with van der Waals surface area (Å²) in [6.45, 7) is 1.71. The van der Waals surface area contributed by atoms with Gasteiger partial charge >= 0.3 is 17.6 Å². The zero-order valence-corrected chi connectivity index (χ0v) is 20.7. The first-order valence-corrected chi connectivity index (χ1v) is 12.1. The van der Waals surface area contributed by atoms with Crippen molar-refractivity contribution in [2.75, 3.05) is 13.7 Å². The Labute approximate surface area is 213 Å². The summed E-state index contributed by atoms with van der Waals surface area (Å²) in [5, 5.41) is 2.36. The molecule has 0 saturated heterocycles. The second kappa shape index (κ2) is 9.82. The quantitative estimate of drug-likeness (QED) is 0.196. The number of aromatic nitrogens is 1. The van der Waals surface area contributed by atoms with E-state index in [0.717, 1.165) is 22.1 Å². The third-order valence-corrected chi connectivity index (χ3v) is 6.82. The van der Waals surface area contributed by atoms with Crippen molar-refractivity contribution in [2.45, 2.75) is 13.5 Å². The Morgan fingerprint density at radius 1 is 1.03 bits per heavy atom. The van der Waals surface area contributed by atoms with Crippen LogP contribution in [0.5, 0.6) is 0 Å². The smallest absolute Gasteiger partial charge is 0.349 e. The van der Waals surface area contributed by atoms with Crippen LogP contribution in [-0.4, -0.2) is 36.1 Å². The molecule has 0 aliphatic heterocycles. The molecular weight excluding hydrogens is 496 g/mol. The zero-order valence-electron chi connectivity index (χ0n) is 19.8. The summed E-state index contributed by atoms with van der Waals surface area (Å²) >= 11 is 1.09. The van der Waals surface area contributed by atoms with Gasteiger partial charge in [0.05, 0.1) is 29.5 Å². The number of fused-ring (bicyclic) bond motifs is 4. The highest BCUT2D eigenvalue weighted by atomic mass is 32.1. The standard InChI is InChI=1S/C27H20N2O7S/c1-3-35-25(32)16-8-10-20-22(12-16)37-27(29(20)14-23(30)34-2)28-24(31)19-13-18-17-7-5-4-6-15(17)9-11-21(18)36-26(19)33/h4-13H,3,14H2,1-2H3. The van der Waals surface area contributed by atoms with Crippen LogP contribution in [0.25, 0.3) is 32.0 Å². The molecule has 0 N–H and O–H groups in total. The highest BCUT2D eigenvalue weighted by Gasteiger charge is 2.18. The Morgan fingerprint density at radius 2 is 1.84 bits per heavy atom. The highest BCUT2D eigenvalue weighted by Crippen LogP contribution is 2.25. The lowest BCUT2D eigenvalue weighted by Crippen LogP contribution is -2.23. The summed E-state index contributed by atoms with van der Waals surface area (Å²) in [5.74, 6) is -1.87. The average Bonchev–Trinajstić information content (AvgIpc) is 3.23. The Hall–Kier alpha value is -4.57. The van der Waals surface area contributed by atoms with Gasteiger partial charge in [-0.3, -0.25) is 9.59 Å². The van der Waals surface area contributed by atoms with Crippen LogP contribution in [0.3, 0.4) is 0 Å². The first-order chi connectivity index (χ1) is 17.9. The van der Waals surface area contributed by atoms with Gasteiger partial charge in [-0.15, -0.1) is 0 Å². The van der Waals surface area contributed by atoms with Crippen LogP contribution in [0.2, 0.25) is 0 Å². The number of nitrogens with zero attached hydrogens (tertiary/aromatic N) is 2. The number of methoxy groups -OCH3 is 1. The van der Waals surface area contributed by atoms with Gasteiger partial charge in [-0.1, -0.05) is 41.7 Å². The molecule has 0 fully saturated rings. The van der Waals surface area contributed by atoms with Gasteiger partial charge < -0.3 is 18.5 Å². The third kappa shape index (κ3) is 4.54. The molecule has 0 atom stereocenters. The van der Waals surface area contributed by atoms with E-state index in [1.807, 2.05) is 30.3 Å². The van der Waals surface area contributed by atoms with Gasteiger partial charge in [0, 0.05) is 5.39 Å². The number of amides is 1. The van der Waals surface area contributed by atoms with Crippen molar-refractivity contribution < 1.29 is 28.3 Å². The Morgan fingerprint density at radius 3 is 2.62 bits per heavy atom. The lowest BCUT2D eigenvalue weighted by atomic mass is 10.0. The predicted octanol–water partition coefficient (Wildman–Crippen LogP) is 4.05. The van der Waals surface area contributed by atoms with Crippen molar-refractivity contribution in [2.24, 2.45) is 4.99 Å². The summed E-state index contributed by atoms with van der Waals surface area (Å²) in [4.78, 5) is 54.5. The molecule has 1 amide bonds. The summed E-state index contributed by atoms with van der Waals surface area (Å²) in [6.07, 6.45) is 0. The second-order valence-corrected chi connectivity index (χ2v) is 9.02. The zero-order chi connectivity index (χ0) is 26.1.